The van der Waals surface area contributed by atoms with Crippen LogP contribution in [0, 0.1) is 0 Å². The van der Waals surface area contributed by atoms with Crippen LogP contribution >= 0.6 is 0 Å². The third kappa shape index (κ3) is 3.97. The first-order chi connectivity index (χ1) is 10.1. The summed E-state index contributed by atoms with van der Waals surface area (Å²) in [7, 11) is 0. The van der Waals surface area contributed by atoms with Gasteiger partial charge in [-0.1, -0.05) is 49.7 Å². The number of carbonyl (C=O) groups excluding carboxylic acids is 1. The molecule has 2 atom stereocenters. The van der Waals surface area contributed by atoms with Crippen molar-refractivity contribution in [3.05, 3.63) is 42.5 Å². The fourth-order valence-corrected chi connectivity index (χ4v) is 2.41. The molecule has 2 aromatic rings. The third-order valence-corrected chi connectivity index (χ3v) is 3.53. The Morgan fingerprint density at radius 2 is 1.86 bits per heavy atom. The Kier molecular flexibility index (Phi) is 5.20. The van der Waals surface area contributed by atoms with Gasteiger partial charge in [0.2, 0.25) is 0 Å². The van der Waals surface area contributed by atoms with Crippen molar-refractivity contribution in [1.82, 2.24) is 5.32 Å². The van der Waals surface area contributed by atoms with Crippen LogP contribution in [0.25, 0.3) is 10.8 Å². The molecule has 0 heterocycles. The first-order valence-electron chi connectivity index (χ1n) is 7.56. The summed E-state index contributed by atoms with van der Waals surface area (Å²) in [4.78, 5) is 12.1. The van der Waals surface area contributed by atoms with Crippen LogP contribution in [-0.4, -0.2) is 18.1 Å². The van der Waals surface area contributed by atoms with Gasteiger partial charge in [0.15, 0.2) is 6.10 Å². The quantitative estimate of drug-likeness (QED) is 0.873. The van der Waals surface area contributed by atoms with Crippen LogP contribution < -0.4 is 10.1 Å². The van der Waals surface area contributed by atoms with Gasteiger partial charge in [0, 0.05) is 11.4 Å². The minimum Gasteiger partial charge on any atom is -0.480 e. The van der Waals surface area contributed by atoms with Gasteiger partial charge in [-0.3, -0.25) is 4.79 Å². The van der Waals surface area contributed by atoms with E-state index >= 15 is 0 Å². The molecule has 1 amide bonds. The monoisotopic (exact) mass is 285 g/mol. The van der Waals surface area contributed by atoms with Gasteiger partial charge in [0.05, 0.1) is 0 Å². The fourth-order valence-electron chi connectivity index (χ4n) is 2.41. The van der Waals surface area contributed by atoms with Crippen molar-refractivity contribution in [3.8, 4) is 5.75 Å². The molecule has 3 nitrogen and oxygen atoms in total. The normalized spacial score (nSPS) is 13.7. The van der Waals surface area contributed by atoms with Crippen LogP contribution in [0.15, 0.2) is 42.5 Å². The molecule has 0 saturated heterocycles. The second-order valence-electron chi connectivity index (χ2n) is 5.44. The van der Waals surface area contributed by atoms with E-state index in [9.17, 15) is 4.79 Å². The van der Waals surface area contributed by atoms with E-state index in [1.165, 1.54) is 0 Å². The molecule has 0 unspecified atom stereocenters. The zero-order valence-corrected chi connectivity index (χ0v) is 12.9. The van der Waals surface area contributed by atoms with Gasteiger partial charge in [-0.15, -0.1) is 0 Å². The molecule has 112 valence electrons. The first-order valence-corrected chi connectivity index (χ1v) is 7.56. The summed E-state index contributed by atoms with van der Waals surface area (Å²) >= 11 is 0. The van der Waals surface area contributed by atoms with E-state index in [0.717, 1.165) is 29.4 Å². The van der Waals surface area contributed by atoms with Crippen LogP contribution in [0.3, 0.4) is 0 Å². The van der Waals surface area contributed by atoms with Crippen molar-refractivity contribution >= 4 is 16.7 Å². The number of rotatable bonds is 6. The topological polar surface area (TPSA) is 38.3 Å². The number of hydrogen-bond donors (Lipinski definition) is 1. The van der Waals surface area contributed by atoms with Gasteiger partial charge in [-0.25, -0.2) is 0 Å². The highest BCUT2D eigenvalue weighted by Crippen LogP contribution is 2.26. The summed E-state index contributed by atoms with van der Waals surface area (Å²) < 4.78 is 5.86. The maximum Gasteiger partial charge on any atom is 0.260 e. The highest BCUT2D eigenvalue weighted by atomic mass is 16.5. The molecule has 0 radical (unpaired) electrons. The van der Waals surface area contributed by atoms with Crippen LogP contribution in [0.1, 0.15) is 33.6 Å². The summed E-state index contributed by atoms with van der Waals surface area (Å²) in [6, 6.07) is 14.1. The number of benzene rings is 2. The second-order valence-corrected chi connectivity index (χ2v) is 5.44. The number of fused-ring (bicyclic) bond motifs is 1. The first kappa shape index (κ1) is 15.4. The van der Waals surface area contributed by atoms with E-state index in [1.54, 1.807) is 6.92 Å². The molecule has 2 aromatic carbocycles. The van der Waals surface area contributed by atoms with Crippen LogP contribution in [0.5, 0.6) is 5.75 Å². The second kappa shape index (κ2) is 7.11. The maximum atomic E-state index is 12.1. The molecule has 0 bridgehead atoms. The Morgan fingerprint density at radius 1 is 1.14 bits per heavy atom. The van der Waals surface area contributed by atoms with Gasteiger partial charge in [-0.05, 0) is 31.7 Å². The molecule has 0 aliphatic carbocycles. The van der Waals surface area contributed by atoms with Gasteiger partial charge in [-0.2, -0.15) is 0 Å². The number of ether oxygens (including phenoxy) is 1. The standard InChI is InChI=1S/C18H23NO2/c1-4-8-13(2)19-18(20)14(3)21-17-12-7-10-15-9-5-6-11-16(15)17/h5-7,9-14H,4,8H2,1-3H3,(H,19,20)/t13-,14+/m1/s1. The highest BCUT2D eigenvalue weighted by Gasteiger charge is 2.17. The zero-order chi connectivity index (χ0) is 15.2. The molecule has 0 saturated carbocycles. The van der Waals surface area contributed by atoms with Gasteiger partial charge >= 0.3 is 0 Å². The van der Waals surface area contributed by atoms with E-state index in [0.29, 0.717) is 0 Å². The molecular weight excluding hydrogens is 262 g/mol. The number of amides is 1. The molecule has 0 aliphatic rings. The Morgan fingerprint density at radius 3 is 2.62 bits per heavy atom. The number of nitrogens with one attached hydrogen (secondary N) is 1. The van der Waals surface area contributed by atoms with E-state index < -0.39 is 6.10 Å². The summed E-state index contributed by atoms with van der Waals surface area (Å²) in [5.74, 6) is 0.683. The molecule has 3 heteroatoms. The maximum absolute atomic E-state index is 12.1. The highest BCUT2D eigenvalue weighted by molar-refractivity contribution is 5.89. The summed E-state index contributed by atoms with van der Waals surface area (Å²) in [5, 5.41) is 5.13. The van der Waals surface area contributed by atoms with Crippen molar-refractivity contribution in [2.24, 2.45) is 0 Å². The third-order valence-electron chi connectivity index (χ3n) is 3.53. The van der Waals surface area contributed by atoms with Gasteiger partial charge < -0.3 is 10.1 Å². The Labute approximate surface area is 126 Å². The average Bonchev–Trinajstić information content (AvgIpc) is 2.47. The van der Waals surface area contributed by atoms with Gasteiger partial charge in [0.25, 0.3) is 5.91 Å². The predicted molar refractivity (Wildman–Crippen MR) is 86.6 cm³/mol. The fraction of sp³-hybridized carbons (Fsp3) is 0.389. The van der Waals surface area contributed by atoms with Crippen LogP contribution in [0.2, 0.25) is 0 Å². The molecule has 0 aliphatic heterocycles. The Balaban J connectivity index is 2.07. The molecule has 2 rings (SSSR count). The number of hydrogen-bond acceptors (Lipinski definition) is 2. The SMILES string of the molecule is CCC[C@@H](C)NC(=O)[C@H](C)Oc1cccc2ccccc12. The minimum atomic E-state index is -0.505. The molecular formula is C18H23NO2. The largest absolute Gasteiger partial charge is 0.480 e. The lowest BCUT2D eigenvalue weighted by atomic mass is 10.1. The zero-order valence-electron chi connectivity index (χ0n) is 12.9. The van der Waals surface area contributed by atoms with Crippen molar-refractivity contribution in [1.29, 1.82) is 0 Å². The molecule has 21 heavy (non-hydrogen) atoms. The van der Waals surface area contributed by atoms with E-state index in [1.807, 2.05) is 49.4 Å². The van der Waals surface area contributed by atoms with E-state index in [4.69, 9.17) is 4.74 Å². The van der Waals surface area contributed by atoms with E-state index in [2.05, 4.69) is 12.2 Å². The minimum absolute atomic E-state index is 0.0658. The summed E-state index contributed by atoms with van der Waals surface area (Å²) in [6.07, 6.45) is 1.53. The van der Waals surface area contributed by atoms with Crippen molar-refractivity contribution in [3.63, 3.8) is 0 Å². The molecule has 0 spiro atoms. The van der Waals surface area contributed by atoms with Crippen molar-refractivity contribution in [2.45, 2.75) is 45.8 Å². The predicted octanol–water partition coefficient (Wildman–Crippen LogP) is 3.91. The Bertz CT molecular complexity index is 604. The number of carbonyl (C=O) groups is 1. The summed E-state index contributed by atoms with van der Waals surface area (Å²) in [5.41, 5.74) is 0. The van der Waals surface area contributed by atoms with Crippen molar-refractivity contribution < 1.29 is 9.53 Å². The van der Waals surface area contributed by atoms with Crippen molar-refractivity contribution in [2.75, 3.05) is 0 Å². The summed E-state index contributed by atoms with van der Waals surface area (Å²) in [6.45, 7) is 5.92. The van der Waals surface area contributed by atoms with Crippen LogP contribution in [-0.2, 0) is 4.79 Å². The molecule has 0 aromatic heterocycles. The smallest absolute Gasteiger partial charge is 0.260 e. The molecule has 0 fully saturated rings. The molecule has 1 N–H and O–H groups in total. The lowest BCUT2D eigenvalue weighted by Crippen LogP contribution is -2.41. The van der Waals surface area contributed by atoms with Gasteiger partial charge in [0.1, 0.15) is 5.75 Å². The van der Waals surface area contributed by atoms with E-state index in [-0.39, 0.29) is 11.9 Å². The Hall–Kier alpha value is -2.03. The lowest BCUT2D eigenvalue weighted by molar-refractivity contribution is -0.127. The van der Waals surface area contributed by atoms with Crippen LogP contribution in [0.4, 0.5) is 0 Å². The average molecular weight is 285 g/mol. The lowest BCUT2D eigenvalue weighted by Gasteiger charge is -2.19.